The lowest BCUT2D eigenvalue weighted by Gasteiger charge is -2.06. The fraction of sp³-hybridized carbons (Fsp3) is 0.300. The van der Waals surface area contributed by atoms with Gasteiger partial charge in [0.1, 0.15) is 6.29 Å². The van der Waals surface area contributed by atoms with Crippen LogP contribution in [-0.4, -0.2) is 11.4 Å². The summed E-state index contributed by atoms with van der Waals surface area (Å²) in [6, 6.07) is 7.51. The molecule has 0 saturated carbocycles. The van der Waals surface area contributed by atoms with Crippen molar-refractivity contribution < 1.29 is 9.90 Å². The zero-order valence-corrected chi connectivity index (χ0v) is 7.03. The molecule has 0 aliphatic heterocycles. The molecule has 1 N–H and O–H groups in total. The maximum atomic E-state index is 10.1. The molecule has 0 spiro atoms. The Morgan fingerprint density at radius 3 is 2.50 bits per heavy atom. The number of aldehydes is 1. The molecule has 0 saturated heterocycles. The van der Waals surface area contributed by atoms with E-state index in [0.717, 1.165) is 17.4 Å². The normalized spacial score (nSPS) is 12.5. The molecule has 0 aromatic heterocycles. The molecule has 2 heteroatoms. The highest BCUT2D eigenvalue weighted by atomic mass is 16.3. The maximum Gasteiger partial charge on any atom is 0.122 e. The van der Waals surface area contributed by atoms with Crippen LogP contribution in [0.5, 0.6) is 0 Å². The van der Waals surface area contributed by atoms with E-state index in [-0.39, 0.29) is 6.42 Å². The van der Waals surface area contributed by atoms with Crippen molar-refractivity contribution in [2.75, 3.05) is 0 Å². The Morgan fingerprint density at radius 1 is 1.42 bits per heavy atom. The van der Waals surface area contributed by atoms with Crippen molar-refractivity contribution in [3.8, 4) is 0 Å². The van der Waals surface area contributed by atoms with Crippen molar-refractivity contribution in [3.05, 3.63) is 35.4 Å². The molecular weight excluding hydrogens is 152 g/mol. The maximum absolute atomic E-state index is 10.1. The minimum atomic E-state index is -0.650. The number of aryl methyl sites for hydroxylation is 1. The summed E-state index contributed by atoms with van der Waals surface area (Å²) < 4.78 is 0. The Kier molecular flexibility index (Phi) is 3.00. The lowest BCUT2D eigenvalue weighted by Crippen LogP contribution is -1.97. The number of hydrogen-bond acceptors (Lipinski definition) is 2. The highest BCUT2D eigenvalue weighted by Gasteiger charge is 2.04. The molecule has 0 aliphatic rings. The van der Waals surface area contributed by atoms with E-state index >= 15 is 0 Å². The van der Waals surface area contributed by atoms with Crippen molar-refractivity contribution in [2.24, 2.45) is 0 Å². The Labute approximate surface area is 71.8 Å². The summed E-state index contributed by atoms with van der Waals surface area (Å²) in [5, 5.41) is 9.38. The summed E-state index contributed by atoms with van der Waals surface area (Å²) in [7, 11) is 0. The topological polar surface area (TPSA) is 37.3 Å². The molecule has 1 atom stereocenters. The highest BCUT2D eigenvalue weighted by Crippen LogP contribution is 2.15. The molecule has 1 aromatic carbocycles. The quantitative estimate of drug-likeness (QED) is 0.689. The van der Waals surface area contributed by atoms with Crippen LogP contribution in [0.3, 0.4) is 0 Å². The second-order valence-corrected chi connectivity index (χ2v) is 2.83. The second kappa shape index (κ2) is 4.02. The first-order valence-electron chi connectivity index (χ1n) is 3.92. The summed E-state index contributed by atoms with van der Waals surface area (Å²) in [6.07, 6.45) is 0.247. The fourth-order valence-electron chi connectivity index (χ4n) is 1.02. The van der Waals surface area contributed by atoms with Crippen LogP contribution >= 0.6 is 0 Å². The van der Waals surface area contributed by atoms with Crippen molar-refractivity contribution in [2.45, 2.75) is 19.4 Å². The molecule has 0 bridgehead atoms. The van der Waals surface area contributed by atoms with Gasteiger partial charge in [-0.2, -0.15) is 0 Å². The van der Waals surface area contributed by atoms with Gasteiger partial charge >= 0.3 is 0 Å². The lowest BCUT2D eigenvalue weighted by molar-refractivity contribution is -0.109. The van der Waals surface area contributed by atoms with Crippen molar-refractivity contribution >= 4 is 6.29 Å². The largest absolute Gasteiger partial charge is 0.388 e. The van der Waals surface area contributed by atoms with E-state index in [1.54, 1.807) is 0 Å². The SMILES string of the molecule is Cc1ccc(C(O)CC=O)cc1. The van der Waals surface area contributed by atoms with Crippen LogP contribution in [0.15, 0.2) is 24.3 Å². The number of carbonyl (C=O) groups excluding carboxylic acids is 1. The van der Waals surface area contributed by atoms with Gasteiger partial charge in [0.15, 0.2) is 0 Å². The molecule has 2 nitrogen and oxygen atoms in total. The van der Waals surface area contributed by atoms with Crippen LogP contribution in [0.2, 0.25) is 0 Å². The lowest BCUT2D eigenvalue weighted by atomic mass is 10.1. The van der Waals surface area contributed by atoms with Crippen molar-refractivity contribution in [1.29, 1.82) is 0 Å². The van der Waals surface area contributed by atoms with Crippen LogP contribution in [-0.2, 0) is 4.79 Å². The van der Waals surface area contributed by atoms with Gasteiger partial charge in [0.05, 0.1) is 6.10 Å². The van der Waals surface area contributed by atoms with Crippen LogP contribution in [0.25, 0.3) is 0 Å². The van der Waals surface area contributed by atoms with Gasteiger partial charge in [0.2, 0.25) is 0 Å². The minimum Gasteiger partial charge on any atom is -0.388 e. The molecule has 12 heavy (non-hydrogen) atoms. The predicted octanol–water partition coefficient (Wildman–Crippen LogP) is 1.62. The standard InChI is InChI=1S/C10H12O2/c1-8-2-4-9(5-3-8)10(12)6-7-11/h2-5,7,10,12H,6H2,1H3. The molecule has 1 aromatic rings. The first-order valence-corrected chi connectivity index (χ1v) is 3.92. The van der Waals surface area contributed by atoms with E-state index in [0.29, 0.717) is 0 Å². The monoisotopic (exact) mass is 164 g/mol. The molecule has 64 valence electrons. The summed E-state index contributed by atoms with van der Waals surface area (Å²) in [4.78, 5) is 10.1. The number of aliphatic hydroxyl groups is 1. The van der Waals surface area contributed by atoms with Crippen molar-refractivity contribution in [1.82, 2.24) is 0 Å². The third kappa shape index (κ3) is 2.17. The van der Waals surface area contributed by atoms with Crippen LogP contribution in [0, 0.1) is 6.92 Å². The molecule has 1 rings (SSSR count). The molecule has 0 heterocycles. The van der Waals surface area contributed by atoms with E-state index in [1.165, 1.54) is 0 Å². The van der Waals surface area contributed by atoms with Gasteiger partial charge in [-0.05, 0) is 12.5 Å². The van der Waals surface area contributed by atoms with Crippen molar-refractivity contribution in [3.63, 3.8) is 0 Å². The van der Waals surface area contributed by atoms with Gasteiger partial charge in [-0.25, -0.2) is 0 Å². The second-order valence-electron chi connectivity index (χ2n) is 2.83. The number of aliphatic hydroxyl groups excluding tert-OH is 1. The average Bonchev–Trinajstić information content (AvgIpc) is 2.06. The van der Waals surface area contributed by atoms with E-state index in [2.05, 4.69) is 0 Å². The summed E-state index contributed by atoms with van der Waals surface area (Å²) in [5.74, 6) is 0. The molecular formula is C10H12O2. The number of hydrogen-bond donors (Lipinski definition) is 1. The highest BCUT2D eigenvalue weighted by molar-refractivity contribution is 5.51. The van der Waals surface area contributed by atoms with Gasteiger partial charge in [-0.15, -0.1) is 0 Å². The summed E-state index contributed by atoms with van der Waals surface area (Å²) in [5.41, 5.74) is 1.95. The smallest absolute Gasteiger partial charge is 0.122 e. The molecule has 0 radical (unpaired) electrons. The zero-order valence-electron chi connectivity index (χ0n) is 7.03. The molecule has 0 aliphatic carbocycles. The van der Waals surface area contributed by atoms with E-state index in [1.807, 2.05) is 31.2 Å². The Hall–Kier alpha value is -1.15. The van der Waals surface area contributed by atoms with Crippen LogP contribution < -0.4 is 0 Å². The number of carbonyl (C=O) groups is 1. The Morgan fingerprint density at radius 2 is 2.00 bits per heavy atom. The predicted molar refractivity (Wildman–Crippen MR) is 46.8 cm³/mol. The van der Waals surface area contributed by atoms with E-state index in [4.69, 9.17) is 0 Å². The molecule has 0 amide bonds. The summed E-state index contributed by atoms with van der Waals surface area (Å²) in [6.45, 7) is 1.98. The first kappa shape index (κ1) is 8.94. The Balaban J connectivity index is 2.74. The van der Waals surface area contributed by atoms with Crippen LogP contribution in [0.4, 0.5) is 0 Å². The molecule has 0 fully saturated rings. The minimum absolute atomic E-state index is 0.170. The van der Waals surface area contributed by atoms with E-state index in [9.17, 15) is 9.90 Å². The van der Waals surface area contributed by atoms with Gasteiger partial charge in [-0.1, -0.05) is 29.8 Å². The van der Waals surface area contributed by atoms with Gasteiger partial charge in [0, 0.05) is 6.42 Å². The number of benzene rings is 1. The van der Waals surface area contributed by atoms with E-state index < -0.39 is 6.10 Å². The van der Waals surface area contributed by atoms with Crippen LogP contribution in [0.1, 0.15) is 23.7 Å². The fourth-order valence-corrected chi connectivity index (χ4v) is 1.02. The average molecular weight is 164 g/mol. The first-order chi connectivity index (χ1) is 5.74. The molecule has 1 unspecified atom stereocenters. The Bertz CT molecular complexity index is 251. The third-order valence-electron chi connectivity index (χ3n) is 1.78. The van der Waals surface area contributed by atoms with Gasteiger partial charge in [-0.3, -0.25) is 0 Å². The third-order valence-corrected chi connectivity index (χ3v) is 1.78. The van der Waals surface area contributed by atoms with Gasteiger partial charge < -0.3 is 9.90 Å². The zero-order chi connectivity index (χ0) is 8.97. The van der Waals surface area contributed by atoms with Gasteiger partial charge in [0.25, 0.3) is 0 Å². The number of rotatable bonds is 3. The summed E-state index contributed by atoms with van der Waals surface area (Å²) >= 11 is 0.